The summed E-state index contributed by atoms with van der Waals surface area (Å²) in [4.78, 5) is 2.38. The van der Waals surface area contributed by atoms with Crippen LogP contribution in [0.25, 0.3) is 0 Å². The van der Waals surface area contributed by atoms with Gasteiger partial charge >= 0.3 is 6.61 Å². The fourth-order valence-corrected chi connectivity index (χ4v) is 3.09. The van der Waals surface area contributed by atoms with Gasteiger partial charge in [-0.1, -0.05) is 25.0 Å². The second-order valence-electron chi connectivity index (χ2n) is 5.92. The Bertz CT molecular complexity index is 480. The minimum absolute atomic E-state index is 0.113. The fourth-order valence-electron chi connectivity index (χ4n) is 3.09. The van der Waals surface area contributed by atoms with Gasteiger partial charge in [0.25, 0.3) is 0 Å². The summed E-state index contributed by atoms with van der Waals surface area (Å²) in [5.74, 6) is 0.439. The lowest BCUT2D eigenvalue weighted by Crippen LogP contribution is -2.35. The molecule has 0 amide bonds. The normalized spacial score (nSPS) is 15.6. The Hall–Kier alpha value is -1.40. The number of nitrogens with zero attached hydrogens (tertiary/aromatic N) is 1. The summed E-state index contributed by atoms with van der Waals surface area (Å²) in [7, 11) is 3.59. The smallest absolute Gasteiger partial charge is 0.387 e. The molecule has 0 aromatic heterocycles. The van der Waals surface area contributed by atoms with E-state index in [1.807, 2.05) is 0 Å². The summed E-state index contributed by atoms with van der Waals surface area (Å²) in [6, 6.07) is 5.85. The van der Waals surface area contributed by atoms with E-state index in [1.165, 1.54) is 32.8 Å². The van der Waals surface area contributed by atoms with Crippen LogP contribution in [0.2, 0.25) is 0 Å². The van der Waals surface area contributed by atoms with Crippen molar-refractivity contribution in [1.29, 1.82) is 0 Å². The number of alkyl halides is 2. The number of hydrogen-bond donors (Lipinski definition) is 1. The van der Waals surface area contributed by atoms with Crippen molar-refractivity contribution in [3.05, 3.63) is 23.8 Å². The van der Waals surface area contributed by atoms with Crippen LogP contribution in [-0.4, -0.2) is 44.8 Å². The van der Waals surface area contributed by atoms with E-state index < -0.39 is 6.61 Å². The molecule has 0 aliphatic heterocycles. The van der Waals surface area contributed by atoms with Gasteiger partial charge in [0.15, 0.2) is 11.5 Å². The number of methoxy groups -OCH3 is 1. The van der Waals surface area contributed by atoms with Crippen LogP contribution in [0.5, 0.6) is 11.5 Å². The van der Waals surface area contributed by atoms with E-state index >= 15 is 0 Å². The van der Waals surface area contributed by atoms with Gasteiger partial charge in [-0.15, -0.1) is 0 Å². The predicted molar refractivity (Wildman–Crippen MR) is 86.2 cm³/mol. The van der Waals surface area contributed by atoms with Crippen LogP contribution in [0.3, 0.4) is 0 Å². The van der Waals surface area contributed by atoms with Crippen molar-refractivity contribution in [3.63, 3.8) is 0 Å². The largest absolute Gasteiger partial charge is 0.493 e. The van der Waals surface area contributed by atoms with Crippen molar-refractivity contribution in [2.24, 2.45) is 0 Å². The first kappa shape index (κ1) is 17.9. The van der Waals surface area contributed by atoms with Crippen LogP contribution in [0.4, 0.5) is 8.78 Å². The second-order valence-corrected chi connectivity index (χ2v) is 5.92. The first-order valence-corrected chi connectivity index (χ1v) is 8.13. The van der Waals surface area contributed by atoms with Crippen molar-refractivity contribution in [2.75, 3.05) is 27.2 Å². The first-order chi connectivity index (χ1) is 11.1. The highest BCUT2D eigenvalue weighted by molar-refractivity contribution is 5.46. The van der Waals surface area contributed by atoms with Crippen molar-refractivity contribution in [3.8, 4) is 11.5 Å². The molecular weight excluding hydrogens is 302 g/mol. The summed E-state index contributed by atoms with van der Waals surface area (Å²) >= 11 is 0. The molecule has 4 nitrogen and oxygen atoms in total. The fraction of sp³-hybridized carbons (Fsp3) is 0.647. The van der Waals surface area contributed by atoms with Gasteiger partial charge in [0.2, 0.25) is 0 Å². The van der Waals surface area contributed by atoms with Gasteiger partial charge in [-0.05, 0) is 26.0 Å². The number of likely N-dealkylation sites (N-methyl/N-ethyl adjacent to an activating group) is 1. The molecule has 1 saturated carbocycles. The average molecular weight is 328 g/mol. The number of para-hydroxylation sites is 1. The van der Waals surface area contributed by atoms with Crippen molar-refractivity contribution < 1.29 is 18.3 Å². The van der Waals surface area contributed by atoms with E-state index in [4.69, 9.17) is 4.74 Å². The molecule has 0 unspecified atom stereocenters. The molecule has 6 heteroatoms. The third kappa shape index (κ3) is 5.32. The molecule has 1 N–H and O–H groups in total. The molecule has 1 aromatic rings. The number of benzene rings is 1. The molecule has 0 radical (unpaired) electrons. The molecule has 1 aromatic carbocycles. The minimum atomic E-state index is -2.86. The van der Waals surface area contributed by atoms with Gasteiger partial charge in [-0.2, -0.15) is 8.78 Å². The summed E-state index contributed by atoms with van der Waals surface area (Å²) in [6.07, 6.45) is 5.19. The number of halogens is 2. The molecule has 0 atom stereocenters. The summed E-state index contributed by atoms with van der Waals surface area (Å²) < 4.78 is 34.9. The van der Waals surface area contributed by atoms with Gasteiger partial charge in [0.1, 0.15) is 0 Å². The van der Waals surface area contributed by atoms with Gasteiger partial charge < -0.3 is 19.7 Å². The predicted octanol–water partition coefficient (Wildman–Crippen LogP) is 3.26. The minimum Gasteiger partial charge on any atom is -0.493 e. The molecule has 1 fully saturated rings. The molecule has 0 spiro atoms. The molecule has 1 aliphatic rings. The Morgan fingerprint density at radius 2 is 2.04 bits per heavy atom. The van der Waals surface area contributed by atoms with Crippen LogP contribution < -0.4 is 14.8 Å². The van der Waals surface area contributed by atoms with E-state index in [-0.39, 0.29) is 5.75 Å². The molecule has 0 saturated heterocycles. The number of hydrogen-bond acceptors (Lipinski definition) is 4. The third-order valence-electron chi connectivity index (χ3n) is 4.39. The first-order valence-electron chi connectivity index (χ1n) is 8.13. The summed E-state index contributed by atoms with van der Waals surface area (Å²) in [6.45, 7) is -0.644. The molecule has 0 heterocycles. The summed E-state index contributed by atoms with van der Waals surface area (Å²) in [5, 5.41) is 3.30. The Kier molecular flexibility index (Phi) is 7.05. The highest BCUT2D eigenvalue weighted by atomic mass is 19.3. The average Bonchev–Trinajstić information content (AvgIpc) is 3.06. The zero-order valence-electron chi connectivity index (χ0n) is 13.9. The highest BCUT2D eigenvalue weighted by Crippen LogP contribution is 2.32. The van der Waals surface area contributed by atoms with E-state index in [0.717, 1.165) is 13.1 Å². The Morgan fingerprint density at radius 3 is 2.70 bits per heavy atom. The monoisotopic (exact) mass is 328 g/mol. The van der Waals surface area contributed by atoms with Crippen molar-refractivity contribution in [2.45, 2.75) is 44.9 Å². The van der Waals surface area contributed by atoms with Crippen LogP contribution >= 0.6 is 0 Å². The second kappa shape index (κ2) is 9.03. The van der Waals surface area contributed by atoms with E-state index in [1.54, 1.807) is 18.2 Å². The van der Waals surface area contributed by atoms with Crippen LogP contribution in [-0.2, 0) is 6.54 Å². The maximum atomic E-state index is 12.6. The van der Waals surface area contributed by atoms with E-state index in [0.29, 0.717) is 23.9 Å². The molecule has 1 aliphatic carbocycles. The maximum Gasteiger partial charge on any atom is 0.387 e. The van der Waals surface area contributed by atoms with E-state index in [2.05, 4.69) is 22.0 Å². The zero-order chi connectivity index (χ0) is 16.7. The third-order valence-corrected chi connectivity index (χ3v) is 4.39. The quantitative estimate of drug-likeness (QED) is 0.706. The van der Waals surface area contributed by atoms with Crippen molar-refractivity contribution >= 4 is 0 Å². The molecular formula is C17H26F2N2O2. The lowest BCUT2D eigenvalue weighted by atomic mass is 10.2. The Morgan fingerprint density at radius 1 is 1.30 bits per heavy atom. The molecule has 23 heavy (non-hydrogen) atoms. The SMILES string of the molecule is COc1cccc(CNCCN(C)C2CCCC2)c1OC(F)F. The maximum absolute atomic E-state index is 12.6. The number of rotatable bonds is 9. The topological polar surface area (TPSA) is 33.7 Å². The molecule has 2 rings (SSSR count). The lowest BCUT2D eigenvalue weighted by Gasteiger charge is -2.24. The van der Waals surface area contributed by atoms with E-state index in [9.17, 15) is 8.78 Å². The van der Waals surface area contributed by atoms with Crippen molar-refractivity contribution in [1.82, 2.24) is 10.2 Å². The van der Waals surface area contributed by atoms with Gasteiger partial charge in [-0.25, -0.2) is 0 Å². The summed E-state index contributed by atoms with van der Waals surface area (Å²) in [5.41, 5.74) is 0.674. The number of nitrogens with one attached hydrogen (secondary N) is 1. The highest BCUT2D eigenvalue weighted by Gasteiger charge is 2.19. The Labute approximate surface area is 136 Å². The van der Waals surface area contributed by atoms with Crippen LogP contribution in [0, 0.1) is 0 Å². The Balaban J connectivity index is 1.84. The molecule has 0 bridgehead atoms. The van der Waals surface area contributed by atoms with Gasteiger partial charge in [0, 0.05) is 31.2 Å². The molecule has 130 valence electrons. The van der Waals surface area contributed by atoms with Gasteiger partial charge in [-0.3, -0.25) is 0 Å². The lowest BCUT2D eigenvalue weighted by molar-refractivity contribution is -0.0518. The standard InChI is InChI=1S/C17H26F2N2O2/c1-21(14-7-3-4-8-14)11-10-20-12-13-6-5-9-15(22-2)16(13)23-17(18)19/h5-6,9,14,17,20H,3-4,7-8,10-12H2,1-2H3. The van der Waals surface area contributed by atoms with Crippen LogP contribution in [0.15, 0.2) is 18.2 Å². The zero-order valence-corrected chi connectivity index (χ0v) is 13.9. The van der Waals surface area contributed by atoms with Gasteiger partial charge in [0.05, 0.1) is 7.11 Å². The number of ether oxygens (including phenoxy) is 2. The van der Waals surface area contributed by atoms with Crippen LogP contribution in [0.1, 0.15) is 31.2 Å².